The van der Waals surface area contributed by atoms with Gasteiger partial charge in [-0.15, -0.1) is 0 Å². The number of rotatable bonds is 7. The van der Waals surface area contributed by atoms with Crippen LogP contribution in [0.15, 0.2) is 54.6 Å². The van der Waals surface area contributed by atoms with Crippen LogP contribution < -0.4 is 15.5 Å². The summed E-state index contributed by atoms with van der Waals surface area (Å²) in [6.45, 7) is 2.37. The second-order valence-corrected chi connectivity index (χ2v) is 5.63. The number of nitrogens with one attached hydrogen (secondary N) is 2. The molecule has 0 aromatic heterocycles. The first-order valence-corrected chi connectivity index (χ1v) is 8.08. The minimum absolute atomic E-state index is 0.0856. The summed E-state index contributed by atoms with van der Waals surface area (Å²) in [6.07, 6.45) is 0.759. The molecule has 0 unspecified atom stereocenters. The van der Waals surface area contributed by atoms with Crippen LogP contribution in [0.2, 0.25) is 0 Å². The molecule has 2 aromatic rings. The van der Waals surface area contributed by atoms with Crippen LogP contribution in [0, 0.1) is 0 Å². The molecule has 1 atom stereocenters. The second kappa shape index (κ2) is 9.00. The number of carbonyl (C=O) groups excluding carboxylic acids is 1. The molecule has 6 heteroatoms. The first-order valence-electron chi connectivity index (χ1n) is 7.67. The van der Waals surface area contributed by atoms with Gasteiger partial charge in [-0.3, -0.25) is 15.5 Å². The molecule has 0 aliphatic heterocycles. The molecular weight excluding hydrogens is 324 g/mol. The van der Waals surface area contributed by atoms with Gasteiger partial charge in [-0.2, -0.15) is 0 Å². The van der Waals surface area contributed by atoms with Crippen molar-refractivity contribution in [2.45, 2.75) is 19.4 Å². The third-order valence-electron chi connectivity index (χ3n) is 3.53. The van der Waals surface area contributed by atoms with Gasteiger partial charge in [0.25, 0.3) is 5.91 Å². The Morgan fingerprint density at radius 2 is 1.79 bits per heavy atom. The van der Waals surface area contributed by atoms with Gasteiger partial charge in [0.2, 0.25) is 0 Å². The second-order valence-electron chi connectivity index (χ2n) is 5.22. The highest BCUT2D eigenvalue weighted by Gasteiger charge is 2.12. The Labute approximate surface area is 146 Å². The lowest BCUT2D eigenvalue weighted by Gasteiger charge is -2.18. The predicted molar refractivity (Wildman–Crippen MR) is 96.5 cm³/mol. The smallest absolute Gasteiger partial charge is 0.251 e. The lowest BCUT2D eigenvalue weighted by molar-refractivity contribution is 0.0920. The summed E-state index contributed by atoms with van der Waals surface area (Å²) in [7, 11) is 0. The van der Waals surface area contributed by atoms with Gasteiger partial charge < -0.3 is 10.1 Å². The predicted octanol–water partition coefficient (Wildman–Crippen LogP) is 2.93. The van der Waals surface area contributed by atoms with Crippen molar-refractivity contribution in [1.82, 2.24) is 10.8 Å². The number of hydrogen-bond acceptors (Lipinski definition) is 4. The van der Waals surface area contributed by atoms with Crippen LogP contribution in [-0.4, -0.2) is 28.8 Å². The maximum atomic E-state index is 12.2. The minimum atomic E-state index is -0.110. The number of benzene rings is 2. The van der Waals surface area contributed by atoms with Crippen molar-refractivity contribution in [1.29, 1.82) is 0 Å². The largest absolute Gasteiger partial charge is 0.491 e. The van der Waals surface area contributed by atoms with Crippen LogP contribution in [0.25, 0.3) is 0 Å². The van der Waals surface area contributed by atoms with E-state index in [1.165, 1.54) is 0 Å². The van der Waals surface area contributed by atoms with Crippen LogP contribution >= 0.6 is 12.2 Å². The molecule has 0 fully saturated rings. The Morgan fingerprint density at radius 3 is 2.38 bits per heavy atom. The number of carbonyl (C=O) groups is 1. The summed E-state index contributed by atoms with van der Waals surface area (Å²) < 4.78 is 5.72. The summed E-state index contributed by atoms with van der Waals surface area (Å²) in [5.74, 6) is 0.563. The standard InChI is InChI=1S/C18H20N2O3S/c1-2-15(19-17(21)13-6-4-3-5-7-13)12-23-16-10-8-14(9-11-16)18(24)20-22/h3-11,15,22H,2,12H2,1H3,(H,19,21)(H,20,24)/t15-/m0/s1. The quantitative estimate of drug-likeness (QED) is 0.532. The Bertz CT molecular complexity index is 674. The summed E-state index contributed by atoms with van der Waals surface area (Å²) in [5, 5.41) is 11.7. The molecule has 0 bridgehead atoms. The molecular formula is C18H20N2O3S. The number of ether oxygens (including phenoxy) is 1. The topological polar surface area (TPSA) is 70.6 Å². The number of hydrogen-bond donors (Lipinski definition) is 3. The first kappa shape index (κ1) is 17.9. The molecule has 126 valence electrons. The first-order chi connectivity index (χ1) is 11.6. The molecule has 5 nitrogen and oxygen atoms in total. The van der Waals surface area contributed by atoms with Gasteiger partial charge >= 0.3 is 0 Å². The SMILES string of the molecule is CC[C@@H](COc1ccc(C(=S)NO)cc1)NC(=O)c1ccccc1. The molecule has 24 heavy (non-hydrogen) atoms. The van der Waals surface area contributed by atoms with Crippen LogP contribution in [0.5, 0.6) is 5.75 Å². The lowest BCUT2D eigenvalue weighted by atomic mass is 10.2. The van der Waals surface area contributed by atoms with Crippen molar-refractivity contribution in [3.8, 4) is 5.75 Å². The van der Waals surface area contributed by atoms with E-state index in [-0.39, 0.29) is 16.9 Å². The third kappa shape index (κ3) is 5.04. The van der Waals surface area contributed by atoms with E-state index in [0.29, 0.717) is 23.5 Å². The maximum Gasteiger partial charge on any atom is 0.251 e. The molecule has 0 aliphatic carbocycles. The van der Waals surface area contributed by atoms with Crippen molar-refractivity contribution < 1.29 is 14.7 Å². The van der Waals surface area contributed by atoms with Gasteiger partial charge in [0.05, 0.1) is 6.04 Å². The summed E-state index contributed by atoms with van der Waals surface area (Å²) >= 11 is 4.93. The molecule has 2 aromatic carbocycles. The maximum absolute atomic E-state index is 12.2. The fourth-order valence-electron chi connectivity index (χ4n) is 2.08. The van der Waals surface area contributed by atoms with Gasteiger partial charge in [0.1, 0.15) is 17.3 Å². The van der Waals surface area contributed by atoms with Gasteiger partial charge in [-0.25, -0.2) is 0 Å². The lowest BCUT2D eigenvalue weighted by Crippen LogP contribution is -2.38. The van der Waals surface area contributed by atoms with Crippen LogP contribution in [-0.2, 0) is 0 Å². The van der Waals surface area contributed by atoms with Crippen molar-refractivity contribution in [2.24, 2.45) is 0 Å². The van der Waals surface area contributed by atoms with E-state index in [4.69, 9.17) is 22.2 Å². The summed E-state index contributed by atoms with van der Waals surface area (Å²) in [6, 6.07) is 16.1. The van der Waals surface area contributed by atoms with Crippen molar-refractivity contribution in [3.63, 3.8) is 0 Å². The molecule has 0 saturated carbocycles. The van der Waals surface area contributed by atoms with Gasteiger partial charge in [-0.05, 0) is 42.8 Å². The average molecular weight is 344 g/mol. The number of hydroxylamine groups is 1. The monoisotopic (exact) mass is 344 g/mol. The van der Waals surface area contributed by atoms with Crippen LogP contribution in [0.3, 0.4) is 0 Å². The van der Waals surface area contributed by atoms with E-state index in [9.17, 15) is 4.79 Å². The normalized spacial score (nSPS) is 11.4. The Morgan fingerprint density at radius 1 is 1.12 bits per heavy atom. The van der Waals surface area contributed by atoms with Gasteiger partial charge in [0, 0.05) is 11.1 Å². The highest BCUT2D eigenvalue weighted by Crippen LogP contribution is 2.13. The molecule has 0 spiro atoms. The van der Waals surface area contributed by atoms with E-state index < -0.39 is 0 Å². The fourth-order valence-corrected chi connectivity index (χ4v) is 2.22. The van der Waals surface area contributed by atoms with Gasteiger partial charge in [0.15, 0.2) is 0 Å². The fraction of sp³-hybridized carbons (Fsp3) is 0.222. The van der Waals surface area contributed by atoms with Crippen molar-refractivity contribution in [3.05, 3.63) is 65.7 Å². The van der Waals surface area contributed by atoms with Crippen LogP contribution in [0.1, 0.15) is 29.3 Å². The Hall–Kier alpha value is -2.44. The van der Waals surface area contributed by atoms with E-state index >= 15 is 0 Å². The zero-order valence-electron chi connectivity index (χ0n) is 13.4. The molecule has 0 heterocycles. The highest BCUT2D eigenvalue weighted by molar-refractivity contribution is 7.80. The number of amides is 1. The molecule has 1 amide bonds. The molecule has 0 aliphatic rings. The molecule has 3 N–H and O–H groups in total. The highest BCUT2D eigenvalue weighted by atomic mass is 32.1. The third-order valence-corrected chi connectivity index (χ3v) is 3.86. The summed E-state index contributed by atoms with van der Waals surface area (Å²) in [5.41, 5.74) is 3.27. The van der Waals surface area contributed by atoms with Crippen LogP contribution in [0.4, 0.5) is 0 Å². The van der Waals surface area contributed by atoms with Gasteiger partial charge in [-0.1, -0.05) is 37.3 Å². The minimum Gasteiger partial charge on any atom is -0.491 e. The van der Waals surface area contributed by atoms with Crippen molar-refractivity contribution >= 4 is 23.1 Å². The molecule has 0 saturated heterocycles. The zero-order valence-corrected chi connectivity index (χ0v) is 14.2. The van der Waals surface area contributed by atoms with E-state index in [2.05, 4.69) is 5.32 Å². The number of thiocarbonyl (C=S) groups is 1. The zero-order chi connectivity index (χ0) is 17.4. The average Bonchev–Trinajstić information content (AvgIpc) is 2.65. The molecule has 2 rings (SSSR count). The van der Waals surface area contributed by atoms with E-state index in [0.717, 1.165) is 6.42 Å². The van der Waals surface area contributed by atoms with Crippen molar-refractivity contribution in [2.75, 3.05) is 6.61 Å². The van der Waals surface area contributed by atoms with E-state index in [1.54, 1.807) is 36.4 Å². The summed E-state index contributed by atoms with van der Waals surface area (Å²) in [4.78, 5) is 12.4. The Kier molecular flexibility index (Phi) is 6.72. The van der Waals surface area contributed by atoms with E-state index in [1.807, 2.05) is 30.6 Å². The Balaban J connectivity index is 1.89. The molecule has 0 radical (unpaired) electrons.